The van der Waals surface area contributed by atoms with Crippen LogP contribution in [0.5, 0.6) is 11.5 Å². The van der Waals surface area contributed by atoms with Crippen LogP contribution < -0.4 is 9.47 Å². The number of amides is 2. The lowest BCUT2D eigenvalue weighted by molar-refractivity contribution is -0.132. The summed E-state index contributed by atoms with van der Waals surface area (Å²) in [6.45, 7) is -0.194. The zero-order valence-corrected chi connectivity index (χ0v) is 15.3. The average Bonchev–Trinajstić information content (AvgIpc) is 2.60. The molecule has 0 aromatic heterocycles. The molecule has 130 valence electrons. The van der Waals surface area contributed by atoms with Gasteiger partial charge in [-0.05, 0) is 36.0 Å². The van der Waals surface area contributed by atoms with Gasteiger partial charge < -0.3 is 9.47 Å². The van der Waals surface area contributed by atoms with Gasteiger partial charge in [0.25, 0.3) is 11.8 Å². The number of hydrogen-bond acceptors (Lipinski definition) is 6. The first-order valence-electron chi connectivity index (χ1n) is 7.00. The maximum atomic E-state index is 12.3. The number of nitriles is 1. The van der Waals surface area contributed by atoms with E-state index < -0.39 is 11.8 Å². The van der Waals surface area contributed by atoms with Gasteiger partial charge in [0, 0.05) is 14.1 Å². The molecular formula is C16H14ClN3O4S. The summed E-state index contributed by atoms with van der Waals surface area (Å²) in [6.07, 6.45) is 1.40. The third kappa shape index (κ3) is 3.57. The Morgan fingerprint density at radius 2 is 1.88 bits per heavy atom. The Morgan fingerprint density at radius 3 is 2.40 bits per heavy atom. The number of carbonyl (C=O) groups excluding carboxylic acids is 2. The fourth-order valence-corrected chi connectivity index (χ4v) is 2.65. The fourth-order valence-electron chi connectivity index (χ4n) is 2.21. The summed E-state index contributed by atoms with van der Waals surface area (Å²) in [6, 6.07) is 4.91. The van der Waals surface area contributed by atoms with Gasteiger partial charge in [-0.15, -0.1) is 0 Å². The van der Waals surface area contributed by atoms with E-state index in [-0.39, 0.29) is 33.8 Å². The normalized spacial score (nSPS) is 14.5. The summed E-state index contributed by atoms with van der Waals surface area (Å²) in [7, 11) is 4.40. The smallest absolute Gasteiger partial charge is 0.265 e. The molecule has 25 heavy (non-hydrogen) atoms. The molecule has 0 radical (unpaired) electrons. The van der Waals surface area contributed by atoms with Crippen molar-refractivity contribution >= 4 is 46.8 Å². The monoisotopic (exact) mass is 379 g/mol. The standard InChI is InChI=1S/C16H14ClN3O4S/c1-19-14(21)10(15(22)20(2)16(19)25)6-9-7-11(17)13(24-5-4-18)12(8-9)23-3/h6-8H,5H2,1-3H3. The van der Waals surface area contributed by atoms with Gasteiger partial charge >= 0.3 is 0 Å². The highest BCUT2D eigenvalue weighted by molar-refractivity contribution is 7.80. The topological polar surface area (TPSA) is 82.9 Å². The molecule has 1 heterocycles. The number of nitrogens with zero attached hydrogens (tertiary/aromatic N) is 3. The highest BCUT2D eigenvalue weighted by Gasteiger charge is 2.35. The van der Waals surface area contributed by atoms with Crippen LogP contribution in [0.25, 0.3) is 6.08 Å². The third-order valence-corrected chi connectivity index (χ3v) is 4.32. The van der Waals surface area contributed by atoms with Crippen molar-refractivity contribution in [2.75, 3.05) is 27.8 Å². The fraction of sp³-hybridized carbons (Fsp3) is 0.250. The van der Waals surface area contributed by atoms with Crippen LogP contribution in [0.4, 0.5) is 0 Å². The second-order valence-corrected chi connectivity index (χ2v) is 5.82. The lowest BCUT2D eigenvalue weighted by Crippen LogP contribution is -2.52. The Balaban J connectivity index is 2.48. The molecule has 1 aliphatic heterocycles. The Labute approximate surface area is 155 Å². The first kappa shape index (κ1) is 18.7. The number of halogens is 1. The zero-order chi connectivity index (χ0) is 18.7. The Morgan fingerprint density at radius 1 is 1.28 bits per heavy atom. The first-order chi connectivity index (χ1) is 11.8. The maximum absolute atomic E-state index is 12.3. The molecule has 0 atom stereocenters. The number of benzene rings is 1. The molecule has 0 aliphatic carbocycles. The zero-order valence-electron chi connectivity index (χ0n) is 13.7. The molecule has 1 aromatic rings. The number of carbonyl (C=O) groups is 2. The van der Waals surface area contributed by atoms with Gasteiger partial charge in [0.05, 0.1) is 12.1 Å². The molecule has 2 rings (SSSR count). The van der Waals surface area contributed by atoms with E-state index in [0.29, 0.717) is 5.56 Å². The predicted molar refractivity (Wildman–Crippen MR) is 95.2 cm³/mol. The molecule has 2 amide bonds. The quantitative estimate of drug-likeness (QED) is 0.451. The lowest BCUT2D eigenvalue weighted by atomic mass is 10.1. The van der Waals surface area contributed by atoms with Gasteiger partial charge in [0.1, 0.15) is 11.6 Å². The lowest BCUT2D eigenvalue weighted by Gasteiger charge is -2.31. The minimum Gasteiger partial charge on any atom is -0.493 e. The van der Waals surface area contributed by atoms with Crippen molar-refractivity contribution in [2.45, 2.75) is 0 Å². The average molecular weight is 380 g/mol. The van der Waals surface area contributed by atoms with Crippen molar-refractivity contribution in [2.24, 2.45) is 0 Å². The van der Waals surface area contributed by atoms with Crippen LogP contribution in [-0.2, 0) is 9.59 Å². The van der Waals surface area contributed by atoms with E-state index in [4.69, 9.17) is 38.6 Å². The highest BCUT2D eigenvalue weighted by Crippen LogP contribution is 2.37. The molecule has 1 fully saturated rings. The van der Waals surface area contributed by atoms with Crippen molar-refractivity contribution in [3.63, 3.8) is 0 Å². The van der Waals surface area contributed by atoms with E-state index in [0.717, 1.165) is 0 Å². The predicted octanol–water partition coefficient (Wildman–Crippen LogP) is 1.85. The molecule has 9 heteroatoms. The molecule has 0 unspecified atom stereocenters. The molecule has 7 nitrogen and oxygen atoms in total. The SMILES string of the molecule is COc1cc(C=C2C(=O)N(C)C(=S)N(C)C2=O)cc(Cl)c1OCC#N. The van der Waals surface area contributed by atoms with Crippen LogP contribution >= 0.6 is 23.8 Å². The van der Waals surface area contributed by atoms with Crippen molar-refractivity contribution in [3.05, 3.63) is 28.3 Å². The van der Waals surface area contributed by atoms with Crippen molar-refractivity contribution < 1.29 is 19.1 Å². The summed E-state index contributed by atoms with van der Waals surface area (Å²) in [5, 5.41) is 8.94. The Bertz CT molecular complexity index is 805. The van der Waals surface area contributed by atoms with Crippen LogP contribution in [0.3, 0.4) is 0 Å². The number of rotatable bonds is 4. The highest BCUT2D eigenvalue weighted by atomic mass is 35.5. The van der Waals surface area contributed by atoms with E-state index >= 15 is 0 Å². The van der Waals surface area contributed by atoms with E-state index in [1.807, 2.05) is 6.07 Å². The van der Waals surface area contributed by atoms with Crippen molar-refractivity contribution in [1.82, 2.24) is 9.80 Å². The van der Waals surface area contributed by atoms with Gasteiger partial charge in [0.15, 0.2) is 23.2 Å². The summed E-state index contributed by atoms with van der Waals surface area (Å²) < 4.78 is 10.4. The summed E-state index contributed by atoms with van der Waals surface area (Å²) in [4.78, 5) is 27.1. The van der Waals surface area contributed by atoms with E-state index in [1.54, 1.807) is 6.07 Å². The molecule has 0 bridgehead atoms. The molecule has 0 saturated carbocycles. The second-order valence-electron chi connectivity index (χ2n) is 5.05. The van der Waals surface area contributed by atoms with Crippen LogP contribution in [0.1, 0.15) is 5.56 Å². The van der Waals surface area contributed by atoms with Crippen molar-refractivity contribution in [3.8, 4) is 17.6 Å². The van der Waals surface area contributed by atoms with Crippen molar-refractivity contribution in [1.29, 1.82) is 5.26 Å². The Hall–Kier alpha value is -2.63. The third-order valence-electron chi connectivity index (χ3n) is 3.49. The van der Waals surface area contributed by atoms with E-state index in [9.17, 15) is 9.59 Å². The number of methoxy groups -OCH3 is 1. The van der Waals surface area contributed by atoms with Crippen LogP contribution in [0, 0.1) is 11.3 Å². The van der Waals surface area contributed by atoms with E-state index in [1.165, 1.54) is 43.1 Å². The van der Waals surface area contributed by atoms with Crippen LogP contribution in [0.15, 0.2) is 17.7 Å². The summed E-state index contributed by atoms with van der Waals surface area (Å²) in [5.41, 5.74) is 0.417. The number of ether oxygens (including phenoxy) is 2. The van der Waals surface area contributed by atoms with Gasteiger partial charge in [-0.25, -0.2) is 0 Å². The van der Waals surface area contributed by atoms with Gasteiger partial charge in [-0.2, -0.15) is 5.26 Å². The molecule has 1 saturated heterocycles. The minimum absolute atomic E-state index is 0.0533. The minimum atomic E-state index is -0.506. The number of likely N-dealkylation sites (N-methyl/N-ethyl adjacent to an activating group) is 2. The first-order valence-corrected chi connectivity index (χ1v) is 7.79. The maximum Gasteiger partial charge on any atom is 0.265 e. The molecule has 1 aromatic carbocycles. The molecular weight excluding hydrogens is 366 g/mol. The number of thiocarbonyl (C=S) groups is 1. The second kappa shape index (κ2) is 7.51. The molecule has 1 aliphatic rings. The largest absolute Gasteiger partial charge is 0.493 e. The van der Waals surface area contributed by atoms with Crippen LogP contribution in [-0.4, -0.2) is 54.5 Å². The molecule has 0 N–H and O–H groups in total. The summed E-state index contributed by atoms with van der Waals surface area (Å²) >= 11 is 11.2. The van der Waals surface area contributed by atoms with Crippen LogP contribution in [0.2, 0.25) is 5.02 Å². The van der Waals surface area contributed by atoms with E-state index in [2.05, 4.69) is 0 Å². The van der Waals surface area contributed by atoms with Gasteiger partial charge in [0.2, 0.25) is 0 Å². The Kier molecular flexibility index (Phi) is 5.62. The van der Waals surface area contributed by atoms with Gasteiger partial charge in [-0.3, -0.25) is 19.4 Å². The summed E-state index contributed by atoms with van der Waals surface area (Å²) in [5.74, 6) is -0.520. The molecule has 0 spiro atoms. The number of hydrogen-bond donors (Lipinski definition) is 0. The van der Waals surface area contributed by atoms with Gasteiger partial charge in [-0.1, -0.05) is 11.6 Å².